The first kappa shape index (κ1) is 14.4. The van der Waals surface area contributed by atoms with Crippen molar-refractivity contribution in [1.29, 1.82) is 0 Å². The van der Waals surface area contributed by atoms with Gasteiger partial charge in [0.2, 0.25) is 5.91 Å². The molecule has 3 nitrogen and oxygen atoms in total. The Morgan fingerprint density at radius 1 is 1.10 bits per heavy atom. The molecule has 0 aromatic heterocycles. The van der Waals surface area contributed by atoms with Crippen LogP contribution < -0.4 is 10.1 Å². The Bertz CT molecular complexity index is 564. The molecule has 2 aromatic rings. The molecule has 0 fully saturated rings. The number of anilines is 1. The SMILES string of the molecule is COc1ccc(NC(=O)CCc2ccc(Cl)cc2)cc1. The quantitative estimate of drug-likeness (QED) is 0.906. The molecule has 0 aliphatic rings. The van der Waals surface area contributed by atoms with E-state index in [2.05, 4.69) is 5.32 Å². The van der Waals surface area contributed by atoms with Gasteiger partial charge in [0, 0.05) is 17.1 Å². The van der Waals surface area contributed by atoms with Gasteiger partial charge < -0.3 is 10.1 Å². The molecule has 1 amide bonds. The molecule has 0 unspecified atom stereocenters. The molecule has 4 heteroatoms. The lowest BCUT2D eigenvalue weighted by Gasteiger charge is -2.06. The van der Waals surface area contributed by atoms with Gasteiger partial charge in [-0.1, -0.05) is 23.7 Å². The van der Waals surface area contributed by atoms with E-state index in [0.29, 0.717) is 17.9 Å². The number of halogens is 1. The average molecular weight is 290 g/mol. The van der Waals surface area contributed by atoms with Gasteiger partial charge in [0.25, 0.3) is 0 Å². The molecule has 20 heavy (non-hydrogen) atoms. The number of carbonyl (C=O) groups excluding carboxylic acids is 1. The third-order valence-electron chi connectivity index (χ3n) is 2.93. The second kappa shape index (κ2) is 6.96. The summed E-state index contributed by atoms with van der Waals surface area (Å²) in [5.74, 6) is 0.759. The van der Waals surface area contributed by atoms with Gasteiger partial charge in [0.1, 0.15) is 5.75 Å². The van der Waals surface area contributed by atoms with Crippen molar-refractivity contribution in [2.24, 2.45) is 0 Å². The maximum absolute atomic E-state index is 11.8. The van der Waals surface area contributed by atoms with Crippen LogP contribution in [0.2, 0.25) is 5.02 Å². The highest BCUT2D eigenvalue weighted by molar-refractivity contribution is 6.30. The van der Waals surface area contributed by atoms with Crippen LogP contribution in [0.1, 0.15) is 12.0 Å². The highest BCUT2D eigenvalue weighted by Crippen LogP contribution is 2.16. The van der Waals surface area contributed by atoms with E-state index in [-0.39, 0.29) is 5.91 Å². The predicted molar refractivity (Wildman–Crippen MR) is 81.4 cm³/mol. The first-order chi connectivity index (χ1) is 9.67. The zero-order chi connectivity index (χ0) is 14.4. The molecule has 0 heterocycles. The zero-order valence-electron chi connectivity index (χ0n) is 11.2. The number of benzene rings is 2. The van der Waals surface area contributed by atoms with E-state index in [1.54, 1.807) is 7.11 Å². The Morgan fingerprint density at radius 2 is 1.75 bits per heavy atom. The Kier molecular flexibility index (Phi) is 5.02. The summed E-state index contributed by atoms with van der Waals surface area (Å²) >= 11 is 5.82. The van der Waals surface area contributed by atoms with Crippen LogP contribution in [0.15, 0.2) is 48.5 Å². The number of carbonyl (C=O) groups is 1. The second-order valence-electron chi connectivity index (χ2n) is 4.40. The van der Waals surface area contributed by atoms with E-state index in [1.165, 1.54) is 0 Å². The third-order valence-corrected chi connectivity index (χ3v) is 3.18. The maximum atomic E-state index is 11.8. The smallest absolute Gasteiger partial charge is 0.224 e. The fourth-order valence-electron chi connectivity index (χ4n) is 1.81. The Morgan fingerprint density at radius 3 is 2.35 bits per heavy atom. The summed E-state index contributed by atoms with van der Waals surface area (Å²) in [5.41, 5.74) is 1.87. The van der Waals surface area contributed by atoms with Gasteiger partial charge in [-0.3, -0.25) is 4.79 Å². The number of nitrogens with one attached hydrogen (secondary N) is 1. The van der Waals surface area contributed by atoms with Gasteiger partial charge in [-0.2, -0.15) is 0 Å². The van der Waals surface area contributed by atoms with Gasteiger partial charge in [-0.15, -0.1) is 0 Å². The molecular formula is C16H16ClNO2. The van der Waals surface area contributed by atoms with Crippen molar-refractivity contribution in [3.8, 4) is 5.75 Å². The summed E-state index contributed by atoms with van der Waals surface area (Å²) in [4.78, 5) is 11.8. The van der Waals surface area contributed by atoms with Crippen LogP contribution in [-0.4, -0.2) is 13.0 Å². The van der Waals surface area contributed by atoms with E-state index in [4.69, 9.17) is 16.3 Å². The normalized spacial score (nSPS) is 10.1. The molecule has 2 rings (SSSR count). The molecule has 0 bridgehead atoms. The van der Waals surface area contributed by atoms with E-state index in [9.17, 15) is 4.79 Å². The summed E-state index contributed by atoms with van der Waals surface area (Å²) in [6.07, 6.45) is 1.13. The van der Waals surface area contributed by atoms with Crippen molar-refractivity contribution in [3.05, 3.63) is 59.1 Å². The van der Waals surface area contributed by atoms with Crippen LogP contribution in [0.25, 0.3) is 0 Å². The van der Waals surface area contributed by atoms with Crippen LogP contribution in [0, 0.1) is 0 Å². The highest BCUT2D eigenvalue weighted by atomic mass is 35.5. The third kappa shape index (κ3) is 4.28. The Labute approximate surface area is 123 Å². The van der Waals surface area contributed by atoms with Crippen molar-refractivity contribution < 1.29 is 9.53 Å². The topological polar surface area (TPSA) is 38.3 Å². The summed E-state index contributed by atoms with van der Waals surface area (Å²) in [6, 6.07) is 14.8. The number of methoxy groups -OCH3 is 1. The Hall–Kier alpha value is -2.00. The number of hydrogen-bond donors (Lipinski definition) is 1. The van der Waals surface area contributed by atoms with Crippen LogP contribution >= 0.6 is 11.6 Å². The standard InChI is InChI=1S/C16H16ClNO2/c1-20-15-9-7-14(8-10-15)18-16(19)11-4-12-2-5-13(17)6-3-12/h2-3,5-10H,4,11H2,1H3,(H,18,19). The van der Waals surface area contributed by atoms with Crippen LogP contribution in [0.4, 0.5) is 5.69 Å². The van der Waals surface area contributed by atoms with Crippen molar-refractivity contribution >= 4 is 23.2 Å². The van der Waals surface area contributed by atoms with E-state index < -0.39 is 0 Å². The van der Waals surface area contributed by atoms with Crippen molar-refractivity contribution in [2.45, 2.75) is 12.8 Å². The fraction of sp³-hybridized carbons (Fsp3) is 0.188. The molecule has 0 saturated carbocycles. The molecule has 2 aromatic carbocycles. The fourth-order valence-corrected chi connectivity index (χ4v) is 1.93. The molecule has 0 radical (unpaired) electrons. The number of amides is 1. The summed E-state index contributed by atoms with van der Waals surface area (Å²) in [6.45, 7) is 0. The van der Waals surface area contributed by atoms with E-state index in [0.717, 1.165) is 17.0 Å². The number of ether oxygens (including phenoxy) is 1. The number of aryl methyl sites for hydroxylation is 1. The molecule has 0 aliphatic carbocycles. The molecule has 0 atom stereocenters. The van der Waals surface area contributed by atoms with Crippen LogP contribution in [0.3, 0.4) is 0 Å². The summed E-state index contributed by atoms with van der Waals surface area (Å²) in [7, 11) is 1.61. The lowest BCUT2D eigenvalue weighted by molar-refractivity contribution is -0.116. The average Bonchev–Trinajstić information content (AvgIpc) is 2.47. The molecule has 0 saturated heterocycles. The minimum Gasteiger partial charge on any atom is -0.497 e. The van der Waals surface area contributed by atoms with Crippen LogP contribution in [0.5, 0.6) is 5.75 Å². The Balaban J connectivity index is 1.84. The van der Waals surface area contributed by atoms with Gasteiger partial charge in [0.15, 0.2) is 0 Å². The largest absolute Gasteiger partial charge is 0.497 e. The first-order valence-corrected chi connectivity index (χ1v) is 6.73. The minimum absolute atomic E-state index is 0.00915. The van der Waals surface area contributed by atoms with Crippen LogP contribution in [-0.2, 0) is 11.2 Å². The molecule has 0 spiro atoms. The monoisotopic (exact) mass is 289 g/mol. The summed E-state index contributed by atoms with van der Waals surface area (Å²) in [5, 5.41) is 3.56. The van der Waals surface area contributed by atoms with Crippen molar-refractivity contribution in [3.63, 3.8) is 0 Å². The first-order valence-electron chi connectivity index (χ1n) is 6.36. The predicted octanol–water partition coefficient (Wildman–Crippen LogP) is 3.92. The lowest BCUT2D eigenvalue weighted by atomic mass is 10.1. The van der Waals surface area contributed by atoms with Gasteiger partial charge in [-0.25, -0.2) is 0 Å². The van der Waals surface area contributed by atoms with E-state index >= 15 is 0 Å². The van der Waals surface area contributed by atoms with E-state index in [1.807, 2.05) is 48.5 Å². The van der Waals surface area contributed by atoms with Gasteiger partial charge in [-0.05, 0) is 48.4 Å². The number of hydrogen-bond acceptors (Lipinski definition) is 2. The van der Waals surface area contributed by atoms with Gasteiger partial charge >= 0.3 is 0 Å². The molecule has 1 N–H and O–H groups in total. The lowest BCUT2D eigenvalue weighted by Crippen LogP contribution is -2.12. The van der Waals surface area contributed by atoms with Crippen molar-refractivity contribution in [1.82, 2.24) is 0 Å². The summed E-state index contributed by atoms with van der Waals surface area (Å²) < 4.78 is 5.07. The molecule has 0 aliphatic heterocycles. The zero-order valence-corrected chi connectivity index (χ0v) is 12.0. The molecular weight excluding hydrogens is 274 g/mol. The maximum Gasteiger partial charge on any atom is 0.224 e. The minimum atomic E-state index is -0.00915. The number of rotatable bonds is 5. The molecule has 104 valence electrons. The highest BCUT2D eigenvalue weighted by Gasteiger charge is 2.03. The van der Waals surface area contributed by atoms with Gasteiger partial charge in [0.05, 0.1) is 7.11 Å². The van der Waals surface area contributed by atoms with Crippen molar-refractivity contribution in [2.75, 3.05) is 12.4 Å². The second-order valence-corrected chi connectivity index (χ2v) is 4.84.